The summed E-state index contributed by atoms with van der Waals surface area (Å²) in [5.41, 5.74) is 0.638. The van der Waals surface area contributed by atoms with E-state index in [0.717, 1.165) is 0 Å². The van der Waals surface area contributed by atoms with Crippen molar-refractivity contribution in [2.45, 2.75) is 4.90 Å². The van der Waals surface area contributed by atoms with E-state index < -0.39 is 10.0 Å². The monoisotopic (exact) mass is 323 g/mol. The first-order chi connectivity index (χ1) is 10.0. The number of anilines is 2. The van der Waals surface area contributed by atoms with E-state index in [1.54, 1.807) is 35.3 Å². The van der Waals surface area contributed by atoms with Crippen molar-refractivity contribution in [2.75, 3.05) is 10.6 Å². The van der Waals surface area contributed by atoms with Crippen molar-refractivity contribution < 1.29 is 8.42 Å². The van der Waals surface area contributed by atoms with Crippen molar-refractivity contribution >= 4 is 38.9 Å². The Bertz CT molecular complexity index is 717. The lowest BCUT2D eigenvalue weighted by molar-refractivity contribution is 0.584. The molecule has 0 aliphatic rings. The predicted octanol–water partition coefficient (Wildman–Crippen LogP) is 1.04. The number of hydrogen-bond donors (Lipinski definition) is 4. The molecule has 7 nitrogen and oxygen atoms in total. The van der Waals surface area contributed by atoms with Crippen LogP contribution in [0.15, 0.2) is 53.6 Å². The molecule has 110 valence electrons. The number of thiocarbonyl (C=S) groups is 1. The number of rotatable bonds is 4. The van der Waals surface area contributed by atoms with Crippen LogP contribution < -0.4 is 21.3 Å². The summed E-state index contributed by atoms with van der Waals surface area (Å²) in [5.74, 6) is 5.56. The molecule has 2 rings (SSSR count). The van der Waals surface area contributed by atoms with Crippen molar-refractivity contribution in [1.29, 1.82) is 0 Å². The smallest absolute Gasteiger partial charge is 0.253 e. The molecule has 0 spiro atoms. The van der Waals surface area contributed by atoms with Crippen molar-refractivity contribution in [2.24, 2.45) is 5.84 Å². The first-order valence-electron chi connectivity index (χ1n) is 5.83. The van der Waals surface area contributed by atoms with Crippen LogP contribution >= 0.6 is 12.2 Å². The third-order valence-electron chi connectivity index (χ3n) is 2.48. The van der Waals surface area contributed by atoms with Gasteiger partial charge < -0.3 is 10.6 Å². The van der Waals surface area contributed by atoms with Crippen LogP contribution in [0.25, 0.3) is 0 Å². The van der Waals surface area contributed by atoms with Gasteiger partial charge in [-0.25, -0.2) is 13.4 Å². The fourth-order valence-corrected chi connectivity index (χ4v) is 2.35. The molecule has 1 heterocycles. The summed E-state index contributed by atoms with van der Waals surface area (Å²) >= 11 is 5.13. The van der Waals surface area contributed by atoms with E-state index in [-0.39, 0.29) is 4.90 Å². The lowest BCUT2D eigenvalue weighted by Gasteiger charge is -2.10. The molecule has 21 heavy (non-hydrogen) atoms. The molecule has 0 atom stereocenters. The van der Waals surface area contributed by atoms with Crippen LogP contribution in [0.5, 0.6) is 0 Å². The van der Waals surface area contributed by atoms with E-state index in [1.807, 2.05) is 6.07 Å². The van der Waals surface area contributed by atoms with Gasteiger partial charge in [0.2, 0.25) is 0 Å². The molecule has 5 N–H and O–H groups in total. The zero-order chi connectivity index (χ0) is 15.3. The van der Waals surface area contributed by atoms with Crippen LogP contribution in [0.4, 0.5) is 11.5 Å². The van der Waals surface area contributed by atoms with Gasteiger partial charge in [0.25, 0.3) is 10.0 Å². The Balaban J connectivity index is 2.02. The standard InChI is InChI=1S/C12H13N5O2S2/c13-17-21(18,19)10-6-4-9(5-7-10)15-12(20)16-11-3-1-2-8-14-11/h1-8,17H,13H2,(H2,14,15,16,20). The molecule has 9 heteroatoms. The van der Waals surface area contributed by atoms with Crippen LogP contribution in [0, 0.1) is 0 Å². The van der Waals surface area contributed by atoms with E-state index >= 15 is 0 Å². The van der Waals surface area contributed by atoms with Crippen LogP contribution in [-0.4, -0.2) is 18.5 Å². The minimum atomic E-state index is -3.65. The number of nitrogens with two attached hydrogens (primary N) is 1. The van der Waals surface area contributed by atoms with Crippen molar-refractivity contribution in [1.82, 2.24) is 9.82 Å². The Labute approximate surface area is 127 Å². The summed E-state index contributed by atoms with van der Waals surface area (Å²) in [6.45, 7) is 0. The summed E-state index contributed by atoms with van der Waals surface area (Å²) in [6.07, 6.45) is 1.64. The van der Waals surface area contributed by atoms with Crippen LogP contribution in [-0.2, 0) is 10.0 Å². The first kappa shape index (κ1) is 15.3. The Kier molecular flexibility index (Phi) is 4.81. The number of hydrazine groups is 1. The molecule has 0 aliphatic heterocycles. The molecular weight excluding hydrogens is 310 g/mol. The van der Waals surface area contributed by atoms with Crippen molar-refractivity contribution in [3.05, 3.63) is 48.7 Å². The van der Waals surface area contributed by atoms with E-state index in [0.29, 0.717) is 16.6 Å². The first-order valence-corrected chi connectivity index (χ1v) is 7.72. The summed E-state index contributed by atoms with van der Waals surface area (Å²) in [6, 6.07) is 11.4. The van der Waals surface area contributed by atoms with E-state index in [9.17, 15) is 8.42 Å². The summed E-state index contributed by atoms with van der Waals surface area (Å²) in [5, 5.41) is 6.17. The second-order valence-electron chi connectivity index (χ2n) is 3.94. The van der Waals surface area contributed by atoms with Gasteiger partial charge in [-0.15, -0.1) is 0 Å². The lowest BCUT2D eigenvalue weighted by atomic mass is 10.3. The second-order valence-corrected chi connectivity index (χ2v) is 6.06. The highest BCUT2D eigenvalue weighted by Gasteiger charge is 2.11. The summed E-state index contributed by atoms with van der Waals surface area (Å²) in [4.78, 5) is 5.90. The van der Waals surface area contributed by atoms with E-state index in [4.69, 9.17) is 18.1 Å². The fraction of sp³-hybridized carbons (Fsp3) is 0. The van der Waals surface area contributed by atoms with E-state index in [2.05, 4.69) is 15.6 Å². The molecule has 2 aromatic rings. The van der Waals surface area contributed by atoms with Gasteiger partial charge in [0.05, 0.1) is 4.90 Å². The summed E-state index contributed by atoms with van der Waals surface area (Å²) < 4.78 is 22.9. The number of benzene rings is 1. The molecule has 0 unspecified atom stereocenters. The van der Waals surface area contributed by atoms with Gasteiger partial charge in [0.15, 0.2) is 5.11 Å². The van der Waals surface area contributed by atoms with Crippen molar-refractivity contribution in [3.8, 4) is 0 Å². The zero-order valence-electron chi connectivity index (χ0n) is 10.8. The highest BCUT2D eigenvalue weighted by atomic mass is 32.2. The maximum Gasteiger partial charge on any atom is 0.253 e. The van der Waals surface area contributed by atoms with Gasteiger partial charge in [-0.2, -0.15) is 4.83 Å². The Morgan fingerprint density at radius 1 is 1.10 bits per heavy atom. The Morgan fingerprint density at radius 3 is 2.38 bits per heavy atom. The third-order valence-corrected chi connectivity index (χ3v) is 3.89. The highest BCUT2D eigenvalue weighted by molar-refractivity contribution is 7.89. The van der Waals surface area contributed by atoms with Gasteiger partial charge in [0, 0.05) is 11.9 Å². The molecule has 0 bridgehead atoms. The second kappa shape index (κ2) is 6.59. The van der Waals surface area contributed by atoms with Crippen molar-refractivity contribution in [3.63, 3.8) is 0 Å². The van der Waals surface area contributed by atoms with Gasteiger partial charge >= 0.3 is 0 Å². The number of aromatic nitrogens is 1. The normalized spacial score (nSPS) is 10.9. The van der Waals surface area contributed by atoms with Gasteiger partial charge in [-0.1, -0.05) is 6.07 Å². The number of nitrogens with one attached hydrogen (secondary N) is 3. The maximum absolute atomic E-state index is 11.5. The highest BCUT2D eigenvalue weighted by Crippen LogP contribution is 2.13. The maximum atomic E-state index is 11.5. The number of sulfonamides is 1. The Morgan fingerprint density at radius 2 is 1.81 bits per heavy atom. The topological polar surface area (TPSA) is 109 Å². The summed E-state index contributed by atoms with van der Waals surface area (Å²) in [7, 11) is -3.65. The largest absolute Gasteiger partial charge is 0.332 e. The minimum Gasteiger partial charge on any atom is -0.332 e. The SMILES string of the molecule is NNS(=O)(=O)c1ccc(NC(=S)Nc2ccccn2)cc1. The number of pyridine rings is 1. The average molecular weight is 323 g/mol. The fourth-order valence-electron chi connectivity index (χ4n) is 1.50. The molecule has 0 fully saturated rings. The molecule has 0 aliphatic carbocycles. The predicted molar refractivity (Wildman–Crippen MR) is 85.0 cm³/mol. The number of hydrogen-bond acceptors (Lipinski definition) is 5. The van der Waals surface area contributed by atoms with Crippen LogP contribution in [0.1, 0.15) is 0 Å². The van der Waals surface area contributed by atoms with Gasteiger partial charge in [0.1, 0.15) is 5.82 Å². The van der Waals surface area contributed by atoms with Gasteiger partial charge in [-0.3, -0.25) is 5.84 Å². The molecule has 1 aromatic carbocycles. The molecule has 0 amide bonds. The lowest BCUT2D eigenvalue weighted by Crippen LogP contribution is -2.30. The Hall–Kier alpha value is -2.07. The van der Waals surface area contributed by atoms with Crippen LogP contribution in [0.2, 0.25) is 0 Å². The van der Waals surface area contributed by atoms with Gasteiger partial charge in [-0.05, 0) is 48.6 Å². The zero-order valence-corrected chi connectivity index (χ0v) is 12.4. The molecular formula is C12H13N5O2S2. The minimum absolute atomic E-state index is 0.0687. The van der Waals surface area contributed by atoms with Crippen LogP contribution in [0.3, 0.4) is 0 Å². The molecule has 0 saturated carbocycles. The van der Waals surface area contributed by atoms with E-state index in [1.165, 1.54) is 12.1 Å². The molecule has 1 aromatic heterocycles. The molecule has 0 saturated heterocycles. The average Bonchev–Trinajstić information content (AvgIpc) is 2.48. The molecule has 0 radical (unpaired) electrons. The third kappa shape index (κ3) is 4.20. The quantitative estimate of drug-likeness (QED) is 0.378. The number of nitrogens with zero attached hydrogens (tertiary/aromatic N) is 1.